The maximum Gasteiger partial charge on any atom is 0.0108 e. The zero-order valence-corrected chi connectivity index (χ0v) is 17.0. The summed E-state index contributed by atoms with van der Waals surface area (Å²) < 4.78 is 0. The lowest BCUT2D eigenvalue weighted by molar-refractivity contribution is 0.424. The minimum Gasteiger partial charge on any atom is -0.356 e. The van der Waals surface area contributed by atoms with Gasteiger partial charge >= 0.3 is 0 Å². The van der Waals surface area contributed by atoms with Crippen molar-refractivity contribution in [3.05, 3.63) is 47.9 Å². The van der Waals surface area contributed by atoms with Crippen LogP contribution < -0.4 is 0 Å². The molecular formula is C23H39N. The Morgan fingerprint density at radius 2 is 1.92 bits per heavy atom. The third-order valence-electron chi connectivity index (χ3n) is 5.60. The first kappa shape index (κ1) is 20.8. The van der Waals surface area contributed by atoms with Gasteiger partial charge < -0.3 is 4.90 Å². The van der Waals surface area contributed by atoms with Crippen molar-refractivity contribution in [1.29, 1.82) is 0 Å². The molecule has 0 fully saturated rings. The third-order valence-corrected chi connectivity index (χ3v) is 5.60. The highest BCUT2D eigenvalue weighted by Gasteiger charge is 2.33. The van der Waals surface area contributed by atoms with E-state index in [1.165, 1.54) is 44.2 Å². The van der Waals surface area contributed by atoms with E-state index < -0.39 is 0 Å². The van der Waals surface area contributed by atoms with Crippen LogP contribution in [0, 0.1) is 11.3 Å². The molecule has 24 heavy (non-hydrogen) atoms. The summed E-state index contributed by atoms with van der Waals surface area (Å²) >= 11 is 0. The molecule has 1 rings (SSSR count). The lowest BCUT2D eigenvalue weighted by atomic mass is 9.83. The molecule has 1 atom stereocenters. The van der Waals surface area contributed by atoms with Crippen molar-refractivity contribution in [3.63, 3.8) is 0 Å². The van der Waals surface area contributed by atoms with Crippen LogP contribution in [0.25, 0.3) is 0 Å². The fourth-order valence-electron chi connectivity index (χ4n) is 4.25. The monoisotopic (exact) mass is 329 g/mol. The average Bonchev–Trinajstić information content (AvgIpc) is 2.80. The molecule has 136 valence electrons. The minimum absolute atomic E-state index is 0.346. The average molecular weight is 330 g/mol. The van der Waals surface area contributed by atoms with Gasteiger partial charge in [0.05, 0.1) is 0 Å². The molecule has 1 unspecified atom stereocenters. The fraction of sp³-hybridized carbons (Fsp3) is 0.652. The number of hydrogen-bond donors (Lipinski definition) is 0. The maximum atomic E-state index is 4.23. The summed E-state index contributed by atoms with van der Waals surface area (Å²) in [6.07, 6.45) is 12.7. The van der Waals surface area contributed by atoms with E-state index in [1.54, 1.807) is 16.7 Å². The van der Waals surface area contributed by atoms with Gasteiger partial charge in [-0.2, -0.15) is 0 Å². The zero-order chi connectivity index (χ0) is 18.3. The largest absolute Gasteiger partial charge is 0.356 e. The number of hydrogen-bond acceptors (Lipinski definition) is 1. The van der Waals surface area contributed by atoms with E-state index in [2.05, 4.69) is 58.8 Å². The molecule has 1 aliphatic rings. The van der Waals surface area contributed by atoms with E-state index in [1.807, 2.05) is 13.2 Å². The predicted molar refractivity (Wildman–Crippen MR) is 109 cm³/mol. The van der Waals surface area contributed by atoms with Gasteiger partial charge in [-0.15, -0.1) is 0 Å². The molecule has 0 aliphatic heterocycles. The topological polar surface area (TPSA) is 3.24 Å². The highest BCUT2D eigenvalue weighted by molar-refractivity contribution is 5.45. The van der Waals surface area contributed by atoms with Crippen LogP contribution in [0.1, 0.15) is 79.6 Å². The first-order chi connectivity index (χ1) is 11.3. The summed E-state index contributed by atoms with van der Waals surface area (Å²) in [6.45, 7) is 19.8. The smallest absolute Gasteiger partial charge is 0.0108 e. The van der Waals surface area contributed by atoms with Crippen LogP contribution in [0.5, 0.6) is 0 Å². The van der Waals surface area contributed by atoms with Crippen molar-refractivity contribution in [2.24, 2.45) is 11.3 Å². The first-order valence-electron chi connectivity index (χ1n) is 9.75. The minimum atomic E-state index is 0.346. The zero-order valence-electron chi connectivity index (χ0n) is 17.0. The third kappa shape index (κ3) is 5.13. The standard InChI is InChI=1S/C23H39N/c1-9-13-19(16-18(5)24(8)12-4)14-15-20-17-23(6,7)22(11-3)21(20)10-2/h12,15,19H,4-5,9-11,13-14,16-17H2,1-3,6-8H3/b20-15+. The van der Waals surface area contributed by atoms with Gasteiger partial charge in [0.25, 0.3) is 0 Å². The molecule has 1 heteroatoms. The highest BCUT2D eigenvalue weighted by atomic mass is 15.1. The lowest BCUT2D eigenvalue weighted by Crippen LogP contribution is -2.13. The first-order valence-corrected chi connectivity index (χ1v) is 9.75. The van der Waals surface area contributed by atoms with E-state index in [0.717, 1.165) is 6.42 Å². The van der Waals surface area contributed by atoms with E-state index in [0.29, 0.717) is 11.3 Å². The van der Waals surface area contributed by atoms with E-state index in [9.17, 15) is 0 Å². The van der Waals surface area contributed by atoms with Gasteiger partial charge in [0.15, 0.2) is 0 Å². The van der Waals surface area contributed by atoms with Gasteiger partial charge in [0.2, 0.25) is 0 Å². The van der Waals surface area contributed by atoms with Crippen LogP contribution in [0.4, 0.5) is 0 Å². The summed E-state index contributed by atoms with van der Waals surface area (Å²) in [4.78, 5) is 2.06. The molecule has 0 saturated heterocycles. The Morgan fingerprint density at radius 1 is 1.25 bits per heavy atom. The van der Waals surface area contributed by atoms with Gasteiger partial charge in [-0.05, 0) is 60.8 Å². The summed E-state index contributed by atoms with van der Waals surface area (Å²) in [5.74, 6) is 0.685. The highest BCUT2D eigenvalue weighted by Crippen LogP contribution is 2.48. The van der Waals surface area contributed by atoms with Crippen molar-refractivity contribution in [2.75, 3.05) is 7.05 Å². The Morgan fingerprint density at radius 3 is 2.42 bits per heavy atom. The Balaban J connectivity index is 2.88. The fourth-order valence-corrected chi connectivity index (χ4v) is 4.25. The van der Waals surface area contributed by atoms with Crippen LogP contribution in [0.2, 0.25) is 0 Å². The van der Waals surface area contributed by atoms with Crippen LogP contribution >= 0.6 is 0 Å². The van der Waals surface area contributed by atoms with Crippen molar-refractivity contribution >= 4 is 0 Å². The molecule has 0 saturated carbocycles. The molecule has 0 N–H and O–H groups in total. The summed E-state index contributed by atoms with van der Waals surface area (Å²) in [6, 6.07) is 0. The second-order valence-electron chi connectivity index (χ2n) is 7.91. The normalized spacial score (nSPS) is 19.7. The van der Waals surface area contributed by atoms with Crippen molar-refractivity contribution in [2.45, 2.75) is 79.6 Å². The molecule has 0 aromatic rings. The van der Waals surface area contributed by atoms with E-state index in [-0.39, 0.29) is 0 Å². The van der Waals surface area contributed by atoms with Gasteiger partial charge in [-0.3, -0.25) is 0 Å². The molecule has 0 heterocycles. The Kier molecular flexibility index (Phi) is 8.06. The van der Waals surface area contributed by atoms with Crippen LogP contribution in [-0.2, 0) is 0 Å². The Hall–Kier alpha value is -1.24. The quantitative estimate of drug-likeness (QED) is 0.408. The van der Waals surface area contributed by atoms with Gasteiger partial charge in [-0.1, -0.05) is 72.3 Å². The molecular weight excluding hydrogens is 290 g/mol. The maximum absolute atomic E-state index is 4.23. The van der Waals surface area contributed by atoms with Gasteiger partial charge in [-0.25, -0.2) is 0 Å². The molecule has 0 aromatic heterocycles. The van der Waals surface area contributed by atoms with Crippen LogP contribution in [0.15, 0.2) is 47.9 Å². The number of nitrogens with zero attached hydrogens (tertiary/aromatic N) is 1. The summed E-state index contributed by atoms with van der Waals surface area (Å²) in [7, 11) is 2.04. The van der Waals surface area contributed by atoms with Gasteiger partial charge in [0, 0.05) is 12.7 Å². The molecule has 0 radical (unpaired) electrons. The number of rotatable bonds is 10. The lowest BCUT2D eigenvalue weighted by Gasteiger charge is -2.22. The second kappa shape index (κ2) is 9.30. The van der Waals surface area contributed by atoms with Crippen molar-refractivity contribution in [1.82, 2.24) is 4.90 Å². The van der Waals surface area contributed by atoms with Crippen molar-refractivity contribution < 1.29 is 0 Å². The molecule has 0 amide bonds. The number of allylic oxidation sites excluding steroid dienone is 5. The summed E-state index contributed by atoms with van der Waals surface area (Å²) in [5, 5.41) is 0. The van der Waals surface area contributed by atoms with Gasteiger partial charge in [0.1, 0.15) is 0 Å². The molecule has 0 bridgehead atoms. The van der Waals surface area contributed by atoms with Crippen LogP contribution in [0.3, 0.4) is 0 Å². The second-order valence-corrected chi connectivity index (χ2v) is 7.91. The molecule has 0 spiro atoms. The van der Waals surface area contributed by atoms with E-state index in [4.69, 9.17) is 0 Å². The SMILES string of the molecule is C=CN(C)C(=C)CC(C/C=C1\CC(C)(C)C(CC)=C1CC)CCC. The van der Waals surface area contributed by atoms with Crippen molar-refractivity contribution in [3.8, 4) is 0 Å². The predicted octanol–water partition coefficient (Wildman–Crippen LogP) is 7.24. The Labute approximate surface area is 151 Å². The van der Waals surface area contributed by atoms with E-state index >= 15 is 0 Å². The molecule has 0 aromatic carbocycles. The summed E-state index contributed by atoms with van der Waals surface area (Å²) in [5.41, 5.74) is 6.45. The molecule has 1 aliphatic carbocycles. The molecule has 1 nitrogen and oxygen atoms in total. The van der Waals surface area contributed by atoms with Crippen LogP contribution in [-0.4, -0.2) is 11.9 Å². The Bertz CT molecular complexity index is 504.